The Labute approximate surface area is 135 Å². The van der Waals surface area contributed by atoms with Crippen molar-refractivity contribution in [3.8, 4) is 0 Å². The zero-order chi connectivity index (χ0) is 16.8. The van der Waals surface area contributed by atoms with Crippen LogP contribution in [-0.4, -0.2) is 52.7 Å². The highest BCUT2D eigenvalue weighted by Crippen LogP contribution is 2.21. The first-order chi connectivity index (χ1) is 10.3. The first kappa shape index (κ1) is 19.0. The van der Waals surface area contributed by atoms with Gasteiger partial charge in [-0.15, -0.1) is 5.01 Å². The molecular weight excluding hydrogens is 280 g/mol. The molecule has 0 saturated carbocycles. The second-order valence-electron chi connectivity index (χ2n) is 7.27. The lowest BCUT2D eigenvalue weighted by Gasteiger charge is -2.27. The molecule has 0 amide bonds. The summed E-state index contributed by atoms with van der Waals surface area (Å²) in [6.45, 7) is 12.3. The third-order valence-electron chi connectivity index (χ3n) is 4.43. The van der Waals surface area contributed by atoms with E-state index in [0.717, 1.165) is 19.5 Å². The van der Waals surface area contributed by atoms with Gasteiger partial charge in [0.15, 0.2) is 0 Å². The van der Waals surface area contributed by atoms with Gasteiger partial charge in [0.05, 0.1) is 17.6 Å². The van der Waals surface area contributed by atoms with E-state index in [1.54, 1.807) is 7.05 Å². The first-order valence-corrected chi connectivity index (χ1v) is 8.61. The molecule has 130 valence electrons. The fraction of sp³-hybridized carbons (Fsp3) is 1.00. The van der Waals surface area contributed by atoms with Crippen molar-refractivity contribution in [2.75, 3.05) is 20.1 Å². The third-order valence-corrected chi connectivity index (χ3v) is 4.43. The van der Waals surface area contributed by atoms with Gasteiger partial charge in [-0.3, -0.25) is 4.90 Å². The van der Waals surface area contributed by atoms with Gasteiger partial charge in [-0.05, 0) is 33.6 Å². The van der Waals surface area contributed by atoms with Gasteiger partial charge in [0.25, 0.3) is 0 Å². The fourth-order valence-electron chi connectivity index (χ4n) is 2.77. The Bertz CT molecular complexity index is 349. The standard InChI is InChI=1S/C16H34N4O2/c1-7-9-14(10-8-2)19-12-11-15(13-19)22-17-20(21)18(6)16(3,4)5/h14-15H,7-13H2,1-6H3/b20-17-/t15-/m1/s1. The molecule has 0 unspecified atom stereocenters. The molecule has 1 rings (SSSR count). The van der Waals surface area contributed by atoms with Gasteiger partial charge >= 0.3 is 0 Å². The molecule has 0 aliphatic carbocycles. The van der Waals surface area contributed by atoms with Crippen LogP contribution >= 0.6 is 0 Å². The monoisotopic (exact) mass is 314 g/mol. The lowest BCUT2D eigenvalue weighted by molar-refractivity contribution is -0.720. The average Bonchev–Trinajstić information content (AvgIpc) is 2.91. The van der Waals surface area contributed by atoms with Crippen LogP contribution in [0.4, 0.5) is 0 Å². The number of likely N-dealkylation sites (tertiary alicyclic amines) is 1. The van der Waals surface area contributed by atoms with E-state index in [1.165, 1.54) is 30.7 Å². The quantitative estimate of drug-likeness (QED) is 0.390. The first-order valence-electron chi connectivity index (χ1n) is 8.61. The van der Waals surface area contributed by atoms with E-state index in [0.29, 0.717) is 11.0 Å². The maximum absolute atomic E-state index is 11.9. The fourth-order valence-corrected chi connectivity index (χ4v) is 2.77. The van der Waals surface area contributed by atoms with E-state index in [-0.39, 0.29) is 11.6 Å². The Kier molecular flexibility index (Phi) is 7.39. The van der Waals surface area contributed by atoms with Crippen molar-refractivity contribution in [3.63, 3.8) is 0 Å². The normalized spacial score (nSPS) is 20.7. The van der Waals surface area contributed by atoms with Gasteiger partial charge in [0.1, 0.15) is 6.10 Å². The summed E-state index contributed by atoms with van der Waals surface area (Å²) in [4.78, 5) is 8.52. The van der Waals surface area contributed by atoms with E-state index < -0.39 is 0 Å². The zero-order valence-corrected chi connectivity index (χ0v) is 15.2. The molecular formula is C16H34N4O2. The number of hydrazine groups is 1. The lowest BCUT2D eigenvalue weighted by atomic mass is 10.1. The number of hydrogen-bond donors (Lipinski definition) is 0. The van der Waals surface area contributed by atoms with E-state index >= 15 is 0 Å². The van der Waals surface area contributed by atoms with Crippen LogP contribution in [0.25, 0.3) is 0 Å². The molecule has 1 saturated heterocycles. The van der Waals surface area contributed by atoms with E-state index in [1.807, 2.05) is 20.8 Å². The molecule has 0 aromatic rings. The van der Waals surface area contributed by atoms with Crippen molar-refractivity contribution < 1.29 is 9.81 Å². The minimum Gasteiger partial charge on any atom is -0.569 e. The Morgan fingerprint density at radius 3 is 2.41 bits per heavy atom. The smallest absolute Gasteiger partial charge is 0.233 e. The van der Waals surface area contributed by atoms with Crippen LogP contribution in [0.5, 0.6) is 0 Å². The Hall–Kier alpha value is -1.04. The summed E-state index contributed by atoms with van der Waals surface area (Å²) in [5.74, 6) is 0. The van der Waals surface area contributed by atoms with Gasteiger partial charge < -0.3 is 10.0 Å². The molecule has 6 nitrogen and oxygen atoms in total. The van der Waals surface area contributed by atoms with Crippen LogP contribution in [0.2, 0.25) is 0 Å². The topological polar surface area (TPSA) is 54.1 Å². The summed E-state index contributed by atoms with van der Waals surface area (Å²) in [5.41, 5.74) is -0.274. The minimum atomic E-state index is -0.274. The molecule has 0 spiro atoms. The van der Waals surface area contributed by atoms with Crippen LogP contribution in [-0.2, 0) is 4.84 Å². The van der Waals surface area contributed by atoms with E-state index in [9.17, 15) is 5.21 Å². The Balaban J connectivity index is 2.49. The summed E-state index contributed by atoms with van der Waals surface area (Å²) < 4.78 is 0. The SMILES string of the molecule is CCCC(CCC)N1CC[C@@H](O/N=[N+](\[O-])N(C)C(C)(C)C)C1. The molecule has 1 heterocycles. The largest absolute Gasteiger partial charge is 0.569 e. The molecule has 0 bridgehead atoms. The predicted molar refractivity (Wildman–Crippen MR) is 88.2 cm³/mol. The van der Waals surface area contributed by atoms with Crippen LogP contribution in [0, 0.1) is 5.21 Å². The van der Waals surface area contributed by atoms with Gasteiger partial charge in [-0.1, -0.05) is 26.7 Å². The number of hydrogen-bond acceptors (Lipinski definition) is 4. The average molecular weight is 314 g/mol. The molecule has 0 aromatic heterocycles. The second-order valence-corrected chi connectivity index (χ2v) is 7.27. The highest BCUT2D eigenvalue weighted by molar-refractivity contribution is 4.81. The van der Waals surface area contributed by atoms with Crippen molar-refractivity contribution in [2.45, 2.75) is 84.4 Å². The molecule has 0 radical (unpaired) electrons. The number of nitrogens with zero attached hydrogens (tertiary/aromatic N) is 4. The minimum absolute atomic E-state index is 0.0287. The van der Waals surface area contributed by atoms with Crippen molar-refractivity contribution >= 4 is 0 Å². The van der Waals surface area contributed by atoms with E-state index in [2.05, 4.69) is 24.0 Å². The maximum atomic E-state index is 11.9. The summed E-state index contributed by atoms with van der Waals surface area (Å²) in [5, 5.41) is 17.2. The number of rotatable bonds is 8. The molecule has 1 fully saturated rings. The van der Waals surface area contributed by atoms with Crippen molar-refractivity contribution in [1.29, 1.82) is 0 Å². The van der Waals surface area contributed by atoms with Gasteiger partial charge in [0, 0.05) is 25.6 Å². The van der Waals surface area contributed by atoms with Crippen molar-refractivity contribution in [1.82, 2.24) is 9.91 Å². The van der Waals surface area contributed by atoms with Crippen LogP contribution < -0.4 is 0 Å². The maximum Gasteiger partial charge on any atom is 0.233 e. The zero-order valence-electron chi connectivity index (χ0n) is 15.2. The van der Waals surface area contributed by atoms with Crippen LogP contribution in [0.1, 0.15) is 66.7 Å². The molecule has 0 N–H and O–H groups in total. The Morgan fingerprint density at radius 2 is 1.91 bits per heavy atom. The highest BCUT2D eigenvalue weighted by atomic mass is 16.7. The highest BCUT2D eigenvalue weighted by Gasteiger charge is 2.30. The summed E-state index contributed by atoms with van der Waals surface area (Å²) in [6, 6.07) is 0.643. The molecule has 22 heavy (non-hydrogen) atoms. The Morgan fingerprint density at radius 1 is 1.32 bits per heavy atom. The van der Waals surface area contributed by atoms with Crippen LogP contribution in [0.3, 0.4) is 0 Å². The summed E-state index contributed by atoms with van der Waals surface area (Å²) in [6.07, 6.45) is 5.86. The molecule has 1 aliphatic heterocycles. The van der Waals surface area contributed by atoms with Crippen molar-refractivity contribution in [3.05, 3.63) is 5.21 Å². The summed E-state index contributed by atoms with van der Waals surface area (Å²) in [7, 11) is 1.72. The molecule has 6 heteroatoms. The molecule has 1 aliphatic rings. The van der Waals surface area contributed by atoms with Gasteiger partial charge in [-0.2, -0.15) is 0 Å². The van der Waals surface area contributed by atoms with E-state index in [4.69, 9.17) is 4.84 Å². The molecule has 1 atom stereocenters. The second kappa shape index (κ2) is 8.56. The van der Waals surface area contributed by atoms with Crippen molar-refractivity contribution in [2.24, 2.45) is 5.28 Å². The predicted octanol–water partition coefficient (Wildman–Crippen LogP) is 3.57. The molecule has 0 aromatic carbocycles. The van der Waals surface area contributed by atoms with Gasteiger partial charge in [0.2, 0.25) is 5.28 Å². The van der Waals surface area contributed by atoms with Gasteiger partial charge in [-0.25, -0.2) is 0 Å². The summed E-state index contributed by atoms with van der Waals surface area (Å²) >= 11 is 0. The lowest BCUT2D eigenvalue weighted by Crippen LogP contribution is -2.42. The third kappa shape index (κ3) is 5.63. The van der Waals surface area contributed by atoms with Crippen LogP contribution in [0.15, 0.2) is 5.28 Å².